The van der Waals surface area contributed by atoms with Crippen molar-refractivity contribution in [2.45, 2.75) is 39.2 Å². The predicted octanol–water partition coefficient (Wildman–Crippen LogP) is 3.16. The topological polar surface area (TPSA) is 48.1 Å². The Morgan fingerprint density at radius 3 is 2.67 bits per heavy atom. The molecule has 0 aliphatic heterocycles. The lowest BCUT2D eigenvalue weighted by Gasteiger charge is -2.27. The van der Waals surface area contributed by atoms with Gasteiger partial charge in [-0.25, -0.2) is 8.78 Å². The van der Waals surface area contributed by atoms with Crippen LogP contribution in [0.2, 0.25) is 0 Å². The quantitative estimate of drug-likeness (QED) is 0.852. The van der Waals surface area contributed by atoms with Crippen molar-refractivity contribution in [2.75, 3.05) is 6.61 Å². The molecule has 102 valence electrons. The number of nitrogens with zero attached hydrogens (tertiary/aromatic N) is 1. The van der Waals surface area contributed by atoms with E-state index in [2.05, 4.69) is 18.8 Å². The van der Waals surface area contributed by atoms with Gasteiger partial charge in [0.05, 0.1) is 11.8 Å². The number of nitrogens with two attached hydrogens (primary N) is 1. The third-order valence-electron chi connectivity index (χ3n) is 2.48. The number of hydrogen-bond acceptors (Lipinski definition) is 3. The van der Waals surface area contributed by atoms with Crippen molar-refractivity contribution in [1.82, 2.24) is 4.98 Å². The molecule has 0 unspecified atom stereocenters. The average Bonchev–Trinajstić information content (AvgIpc) is 2.25. The molecular weight excluding hydrogens is 238 g/mol. The van der Waals surface area contributed by atoms with Gasteiger partial charge < -0.3 is 10.5 Å². The Balaban J connectivity index is 2.68. The molecule has 0 bridgehead atoms. The maximum absolute atomic E-state index is 12.7. The summed E-state index contributed by atoms with van der Waals surface area (Å²) in [6, 6.07) is 1.26. The first-order valence-electron chi connectivity index (χ1n) is 5.95. The van der Waals surface area contributed by atoms with Crippen molar-refractivity contribution < 1.29 is 13.5 Å². The number of alkyl halides is 2. The largest absolute Gasteiger partial charge is 0.490 e. The highest BCUT2D eigenvalue weighted by molar-refractivity contribution is 5.30. The van der Waals surface area contributed by atoms with Crippen LogP contribution in [0.15, 0.2) is 18.5 Å². The van der Waals surface area contributed by atoms with E-state index >= 15 is 0 Å². The monoisotopic (exact) mass is 258 g/mol. The molecule has 1 aromatic heterocycles. The Morgan fingerprint density at radius 2 is 2.11 bits per heavy atom. The van der Waals surface area contributed by atoms with E-state index in [1.165, 1.54) is 18.5 Å². The molecule has 1 aromatic rings. The van der Waals surface area contributed by atoms with E-state index in [4.69, 9.17) is 10.5 Å². The van der Waals surface area contributed by atoms with Crippen molar-refractivity contribution in [3.8, 4) is 5.75 Å². The van der Waals surface area contributed by atoms with Crippen LogP contribution in [0.3, 0.4) is 0 Å². The Labute approximate surface area is 106 Å². The van der Waals surface area contributed by atoms with E-state index in [1.54, 1.807) is 0 Å². The Morgan fingerprint density at radius 1 is 1.44 bits per heavy atom. The molecule has 18 heavy (non-hydrogen) atoms. The second-order valence-corrected chi connectivity index (χ2v) is 5.25. The highest BCUT2D eigenvalue weighted by atomic mass is 19.3. The van der Waals surface area contributed by atoms with Gasteiger partial charge in [0.1, 0.15) is 12.4 Å². The highest BCUT2D eigenvalue weighted by Gasteiger charge is 2.22. The van der Waals surface area contributed by atoms with Gasteiger partial charge in [0.25, 0.3) is 6.43 Å². The van der Waals surface area contributed by atoms with Crippen LogP contribution >= 0.6 is 0 Å². The van der Waals surface area contributed by atoms with Gasteiger partial charge >= 0.3 is 0 Å². The zero-order valence-corrected chi connectivity index (χ0v) is 11.0. The van der Waals surface area contributed by atoms with Gasteiger partial charge in [-0.15, -0.1) is 0 Å². The molecule has 3 nitrogen and oxygen atoms in total. The molecule has 0 radical (unpaired) electrons. The SMILES string of the molecule is CC(C)C[C@](C)(N)COc1cnccc1C(F)F. The number of halogens is 2. The van der Waals surface area contributed by atoms with Gasteiger partial charge in [0, 0.05) is 11.7 Å². The number of hydrogen-bond donors (Lipinski definition) is 1. The van der Waals surface area contributed by atoms with Gasteiger partial charge in [-0.1, -0.05) is 13.8 Å². The zero-order valence-electron chi connectivity index (χ0n) is 11.0. The summed E-state index contributed by atoms with van der Waals surface area (Å²) in [5.74, 6) is 0.528. The smallest absolute Gasteiger partial charge is 0.267 e. The van der Waals surface area contributed by atoms with Crippen molar-refractivity contribution in [3.63, 3.8) is 0 Å². The summed E-state index contributed by atoms with van der Waals surface area (Å²) in [4.78, 5) is 3.79. The van der Waals surface area contributed by atoms with Crippen LogP contribution in [0, 0.1) is 5.92 Å². The van der Waals surface area contributed by atoms with Gasteiger partial charge in [0.2, 0.25) is 0 Å². The maximum atomic E-state index is 12.7. The van der Waals surface area contributed by atoms with Crippen molar-refractivity contribution in [1.29, 1.82) is 0 Å². The lowest BCUT2D eigenvalue weighted by molar-refractivity contribution is 0.139. The summed E-state index contributed by atoms with van der Waals surface area (Å²) < 4.78 is 30.8. The third-order valence-corrected chi connectivity index (χ3v) is 2.48. The summed E-state index contributed by atoms with van der Waals surface area (Å²) >= 11 is 0. The summed E-state index contributed by atoms with van der Waals surface area (Å²) in [5.41, 5.74) is 5.37. The fraction of sp³-hybridized carbons (Fsp3) is 0.615. The molecule has 5 heteroatoms. The molecule has 2 N–H and O–H groups in total. The molecule has 0 fully saturated rings. The van der Waals surface area contributed by atoms with Crippen molar-refractivity contribution in [3.05, 3.63) is 24.0 Å². The van der Waals surface area contributed by atoms with E-state index in [-0.39, 0.29) is 17.9 Å². The fourth-order valence-electron chi connectivity index (χ4n) is 1.93. The molecule has 0 aliphatic carbocycles. The van der Waals surface area contributed by atoms with E-state index in [0.717, 1.165) is 6.42 Å². The van der Waals surface area contributed by atoms with Crippen LogP contribution in [-0.2, 0) is 0 Å². The third kappa shape index (κ3) is 4.56. The van der Waals surface area contributed by atoms with Crippen LogP contribution in [0.1, 0.15) is 39.2 Å². The molecule has 0 aliphatic rings. The lowest BCUT2D eigenvalue weighted by atomic mass is 9.93. The first-order chi connectivity index (χ1) is 8.32. The first-order valence-corrected chi connectivity index (χ1v) is 5.95. The second kappa shape index (κ2) is 6.09. The van der Waals surface area contributed by atoms with Gasteiger partial charge in [-0.05, 0) is 25.3 Å². The van der Waals surface area contributed by atoms with E-state index in [9.17, 15) is 8.78 Å². The minimum absolute atomic E-state index is 0.105. The minimum atomic E-state index is -2.57. The predicted molar refractivity (Wildman–Crippen MR) is 66.7 cm³/mol. The second-order valence-electron chi connectivity index (χ2n) is 5.25. The first kappa shape index (κ1) is 14.8. The lowest BCUT2D eigenvalue weighted by Crippen LogP contribution is -2.43. The molecule has 1 rings (SSSR count). The number of pyridine rings is 1. The van der Waals surface area contributed by atoms with Gasteiger partial charge in [0.15, 0.2) is 0 Å². The molecule has 0 amide bonds. The van der Waals surface area contributed by atoms with Crippen LogP contribution in [0.25, 0.3) is 0 Å². The van der Waals surface area contributed by atoms with E-state index < -0.39 is 12.0 Å². The van der Waals surface area contributed by atoms with Crippen LogP contribution in [0.4, 0.5) is 8.78 Å². The maximum Gasteiger partial charge on any atom is 0.267 e. The van der Waals surface area contributed by atoms with Crippen LogP contribution < -0.4 is 10.5 Å². The molecule has 1 heterocycles. The number of aromatic nitrogens is 1. The Kier molecular flexibility index (Phi) is 5.02. The fourth-order valence-corrected chi connectivity index (χ4v) is 1.93. The summed E-state index contributed by atoms with van der Waals surface area (Å²) in [6.45, 7) is 6.15. The normalized spacial score (nSPS) is 14.9. The summed E-state index contributed by atoms with van der Waals surface area (Å²) in [7, 11) is 0. The molecule has 1 atom stereocenters. The van der Waals surface area contributed by atoms with Crippen molar-refractivity contribution >= 4 is 0 Å². The molecular formula is C13H20F2N2O. The zero-order chi connectivity index (χ0) is 13.8. The van der Waals surface area contributed by atoms with Gasteiger partial charge in [-0.3, -0.25) is 4.98 Å². The average molecular weight is 258 g/mol. The molecule has 0 saturated carbocycles. The Hall–Kier alpha value is -1.23. The number of ether oxygens (including phenoxy) is 1. The van der Waals surface area contributed by atoms with Gasteiger partial charge in [-0.2, -0.15) is 0 Å². The molecule has 0 saturated heterocycles. The minimum Gasteiger partial charge on any atom is -0.490 e. The van der Waals surface area contributed by atoms with E-state index in [1.807, 2.05) is 6.92 Å². The van der Waals surface area contributed by atoms with Crippen molar-refractivity contribution in [2.24, 2.45) is 11.7 Å². The number of rotatable bonds is 6. The highest BCUT2D eigenvalue weighted by Crippen LogP contribution is 2.28. The standard InChI is InChI=1S/C13H20F2N2O/c1-9(2)6-13(3,16)8-18-11-7-17-5-4-10(11)12(14)15/h4-5,7,9,12H,6,8,16H2,1-3H3/t13-/m0/s1. The van der Waals surface area contributed by atoms with E-state index in [0.29, 0.717) is 5.92 Å². The molecule has 0 aromatic carbocycles. The summed E-state index contributed by atoms with van der Waals surface area (Å²) in [6.07, 6.45) is 0.811. The van der Waals surface area contributed by atoms with Crippen LogP contribution in [-0.4, -0.2) is 17.1 Å². The Bertz CT molecular complexity index is 381. The van der Waals surface area contributed by atoms with Crippen LogP contribution in [0.5, 0.6) is 5.75 Å². The molecule has 0 spiro atoms. The summed E-state index contributed by atoms with van der Waals surface area (Å²) in [5, 5.41) is 0.